The maximum absolute atomic E-state index is 13.1. The number of halogens is 1. The Hall–Kier alpha value is -2.82. The second-order valence-electron chi connectivity index (χ2n) is 11.2. The number of hydrogen-bond acceptors (Lipinski definition) is 3. The molecule has 0 heterocycles. The zero-order valence-corrected chi connectivity index (χ0v) is 23.2. The van der Waals surface area contributed by atoms with Crippen molar-refractivity contribution >= 4 is 18.3 Å². The normalized spacial score (nSPS) is 12.4. The molecule has 3 aromatic carbocycles. The van der Waals surface area contributed by atoms with E-state index in [1.165, 1.54) is 5.56 Å². The molecule has 0 aromatic heterocycles. The third kappa shape index (κ3) is 9.67. The minimum atomic E-state index is -0.340. The fraction of sp³-hybridized carbons (Fsp3) is 0.387. The summed E-state index contributed by atoms with van der Waals surface area (Å²) in [5.74, 6) is 0.827. The topological polar surface area (TPSA) is 50.4 Å². The first-order chi connectivity index (χ1) is 16.5. The monoisotopic (exact) mass is 508 g/mol. The van der Waals surface area contributed by atoms with Gasteiger partial charge < -0.3 is 15.4 Å². The van der Waals surface area contributed by atoms with Gasteiger partial charge in [0.1, 0.15) is 12.4 Å². The van der Waals surface area contributed by atoms with E-state index in [4.69, 9.17) is 4.74 Å². The number of carbonyl (C=O) groups is 1. The summed E-state index contributed by atoms with van der Waals surface area (Å²) in [7, 11) is 0. The molecule has 0 aliphatic heterocycles. The van der Waals surface area contributed by atoms with Crippen molar-refractivity contribution in [2.75, 3.05) is 0 Å². The Morgan fingerprint density at radius 2 is 1.36 bits per heavy atom. The molecule has 0 fully saturated rings. The van der Waals surface area contributed by atoms with E-state index >= 15 is 0 Å². The molecule has 0 saturated carbocycles. The highest BCUT2D eigenvalue weighted by Gasteiger charge is 2.23. The molecule has 3 aromatic rings. The lowest BCUT2D eigenvalue weighted by Crippen LogP contribution is -2.51. The number of rotatable bonds is 9. The van der Waals surface area contributed by atoms with E-state index in [9.17, 15) is 4.79 Å². The largest absolute Gasteiger partial charge is 0.489 e. The van der Waals surface area contributed by atoms with Crippen LogP contribution in [0.15, 0.2) is 78.9 Å². The summed E-state index contributed by atoms with van der Waals surface area (Å²) >= 11 is 0. The smallest absolute Gasteiger partial charge is 0.237 e. The van der Waals surface area contributed by atoms with Gasteiger partial charge >= 0.3 is 0 Å². The van der Waals surface area contributed by atoms with Crippen molar-refractivity contribution in [1.82, 2.24) is 10.6 Å². The number of ether oxygens (including phenoxy) is 1. The molecule has 0 radical (unpaired) electrons. The molecule has 1 unspecified atom stereocenters. The molecule has 5 heteroatoms. The first-order valence-electron chi connectivity index (χ1n) is 12.4. The summed E-state index contributed by atoms with van der Waals surface area (Å²) in [5.41, 5.74) is 4.52. The number of amides is 1. The van der Waals surface area contributed by atoms with Gasteiger partial charge in [0.15, 0.2) is 0 Å². The van der Waals surface area contributed by atoms with Gasteiger partial charge in [0, 0.05) is 12.1 Å². The van der Waals surface area contributed by atoms with Gasteiger partial charge in [0.2, 0.25) is 5.91 Å². The highest BCUT2D eigenvalue weighted by molar-refractivity contribution is 5.85. The van der Waals surface area contributed by atoms with Crippen molar-refractivity contribution in [3.8, 4) is 5.75 Å². The van der Waals surface area contributed by atoms with Crippen LogP contribution < -0.4 is 15.4 Å². The van der Waals surface area contributed by atoms with Crippen molar-refractivity contribution in [3.05, 3.63) is 101 Å². The van der Waals surface area contributed by atoms with Crippen molar-refractivity contribution in [2.24, 2.45) is 0 Å². The minimum Gasteiger partial charge on any atom is -0.489 e. The number of nitrogens with one attached hydrogen (secondary N) is 2. The summed E-state index contributed by atoms with van der Waals surface area (Å²) in [5, 5.41) is 6.61. The van der Waals surface area contributed by atoms with Crippen LogP contribution in [0.2, 0.25) is 0 Å². The molecule has 4 nitrogen and oxygen atoms in total. The quantitative estimate of drug-likeness (QED) is 0.342. The lowest BCUT2D eigenvalue weighted by atomic mass is 9.87. The van der Waals surface area contributed by atoms with Gasteiger partial charge in [0.25, 0.3) is 0 Å². The molecule has 194 valence electrons. The summed E-state index contributed by atoms with van der Waals surface area (Å²) in [4.78, 5) is 13.1. The summed E-state index contributed by atoms with van der Waals surface area (Å²) in [6, 6.07) is 26.4. The number of hydrogen-bond donors (Lipinski definition) is 2. The molecule has 0 aliphatic carbocycles. The van der Waals surface area contributed by atoms with Gasteiger partial charge in [-0.3, -0.25) is 4.79 Å². The molecule has 0 aliphatic rings. The van der Waals surface area contributed by atoms with Crippen molar-refractivity contribution < 1.29 is 9.53 Å². The van der Waals surface area contributed by atoms with E-state index in [1.54, 1.807) is 0 Å². The average molecular weight is 509 g/mol. The van der Waals surface area contributed by atoms with Crippen LogP contribution >= 0.6 is 12.4 Å². The van der Waals surface area contributed by atoms with E-state index < -0.39 is 0 Å². The lowest BCUT2D eigenvalue weighted by Gasteiger charge is -2.26. The zero-order valence-electron chi connectivity index (χ0n) is 22.4. The molecular formula is C31H41ClN2O2. The molecule has 1 amide bonds. The molecule has 0 bridgehead atoms. The van der Waals surface area contributed by atoms with E-state index in [0.29, 0.717) is 19.6 Å². The molecular weight excluding hydrogens is 468 g/mol. The van der Waals surface area contributed by atoms with Crippen molar-refractivity contribution in [3.63, 3.8) is 0 Å². The van der Waals surface area contributed by atoms with Gasteiger partial charge in [0.05, 0.1) is 6.04 Å². The van der Waals surface area contributed by atoms with Crippen LogP contribution in [0, 0.1) is 0 Å². The van der Waals surface area contributed by atoms with Gasteiger partial charge in [-0.25, -0.2) is 0 Å². The highest BCUT2D eigenvalue weighted by Crippen LogP contribution is 2.22. The van der Waals surface area contributed by atoms with Crippen LogP contribution in [-0.4, -0.2) is 17.5 Å². The van der Waals surface area contributed by atoms with Gasteiger partial charge in [-0.05, 0) is 67.0 Å². The summed E-state index contributed by atoms with van der Waals surface area (Å²) < 4.78 is 5.91. The second-order valence-corrected chi connectivity index (χ2v) is 11.2. The molecule has 0 saturated heterocycles. The fourth-order valence-electron chi connectivity index (χ4n) is 3.78. The molecule has 1 atom stereocenters. The summed E-state index contributed by atoms with van der Waals surface area (Å²) in [6.45, 7) is 13.8. The van der Waals surface area contributed by atoms with E-state index in [2.05, 4.69) is 67.8 Å². The summed E-state index contributed by atoms with van der Waals surface area (Å²) in [6.07, 6.45) is 0.598. The third-order valence-electron chi connectivity index (χ3n) is 5.80. The lowest BCUT2D eigenvalue weighted by molar-refractivity contribution is -0.124. The highest BCUT2D eigenvalue weighted by atomic mass is 35.5. The Morgan fingerprint density at radius 1 is 0.778 bits per heavy atom. The average Bonchev–Trinajstić information content (AvgIpc) is 2.80. The molecule has 36 heavy (non-hydrogen) atoms. The van der Waals surface area contributed by atoms with Gasteiger partial charge in [-0.2, -0.15) is 0 Å². The Labute approximate surface area is 223 Å². The van der Waals surface area contributed by atoms with Crippen LogP contribution in [0.4, 0.5) is 0 Å². The van der Waals surface area contributed by atoms with Gasteiger partial charge in [-0.15, -0.1) is 12.4 Å². The first-order valence-corrected chi connectivity index (χ1v) is 12.4. The molecule has 0 spiro atoms. The maximum Gasteiger partial charge on any atom is 0.237 e. The zero-order chi connectivity index (χ0) is 25.5. The standard InChI is InChI=1S/C31H40N2O2.ClH/c1-30(2,3)26-16-12-24(13-17-26)21-32-28(29(34)33-31(4,5)6)20-23-14-18-27(19-15-23)35-22-25-10-8-7-9-11-25;/h7-19,28,32H,20-22H2,1-6H3,(H,33,34);1H. The Morgan fingerprint density at radius 3 is 1.92 bits per heavy atom. The van der Waals surface area contributed by atoms with Crippen LogP contribution in [0.25, 0.3) is 0 Å². The van der Waals surface area contributed by atoms with E-state index in [1.807, 2.05) is 63.2 Å². The first kappa shape index (κ1) is 29.4. The predicted octanol–water partition coefficient (Wildman–Crippen LogP) is 6.60. The SMILES string of the molecule is CC(C)(C)NC(=O)C(Cc1ccc(OCc2ccccc2)cc1)NCc1ccc(C(C)(C)C)cc1.Cl. The Kier molecular flexibility index (Phi) is 10.6. The van der Waals surface area contributed by atoms with Crippen molar-refractivity contribution in [1.29, 1.82) is 0 Å². The van der Waals surface area contributed by atoms with Gasteiger partial charge in [-0.1, -0.05) is 87.5 Å². The third-order valence-corrected chi connectivity index (χ3v) is 5.80. The minimum absolute atomic E-state index is 0. The van der Waals surface area contributed by atoms with Crippen LogP contribution in [-0.2, 0) is 29.8 Å². The number of carbonyl (C=O) groups excluding carboxylic acids is 1. The Bertz CT molecular complexity index is 1070. The number of benzene rings is 3. The molecule has 3 rings (SSSR count). The second kappa shape index (κ2) is 12.9. The predicted molar refractivity (Wildman–Crippen MR) is 152 cm³/mol. The Balaban J connectivity index is 0.00000456. The van der Waals surface area contributed by atoms with E-state index in [0.717, 1.165) is 22.4 Å². The molecule has 2 N–H and O–H groups in total. The van der Waals surface area contributed by atoms with E-state index in [-0.39, 0.29) is 35.3 Å². The maximum atomic E-state index is 13.1. The van der Waals surface area contributed by atoms with Crippen LogP contribution in [0.3, 0.4) is 0 Å². The van der Waals surface area contributed by atoms with Crippen LogP contribution in [0.5, 0.6) is 5.75 Å². The fourth-order valence-corrected chi connectivity index (χ4v) is 3.78. The van der Waals surface area contributed by atoms with Crippen LogP contribution in [0.1, 0.15) is 63.8 Å². The van der Waals surface area contributed by atoms with Crippen molar-refractivity contribution in [2.45, 2.75) is 78.1 Å².